The summed E-state index contributed by atoms with van der Waals surface area (Å²) in [6.07, 6.45) is 1.36. The minimum absolute atomic E-state index is 0.210. The highest BCUT2D eigenvalue weighted by molar-refractivity contribution is 7.10. The van der Waals surface area contributed by atoms with Gasteiger partial charge in [0.25, 0.3) is 5.56 Å². The molecule has 0 aliphatic heterocycles. The zero-order chi connectivity index (χ0) is 12.3. The first-order valence-corrected chi connectivity index (χ1v) is 5.99. The molecule has 0 fully saturated rings. The maximum atomic E-state index is 11.4. The van der Waals surface area contributed by atoms with Gasteiger partial charge in [0.1, 0.15) is 0 Å². The summed E-state index contributed by atoms with van der Waals surface area (Å²) >= 11 is 1.67. The van der Waals surface area contributed by atoms with Gasteiger partial charge < -0.3 is 15.0 Å². The van der Waals surface area contributed by atoms with Gasteiger partial charge in [-0.2, -0.15) is 0 Å². The number of aromatic amines is 1. The molecule has 2 rings (SSSR count). The van der Waals surface area contributed by atoms with Crippen molar-refractivity contribution < 1.29 is 4.74 Å². The first kappa shape index (κ1) is 11.7. The highest BCUT2D eigenvalue weighted by atomic mass is 32.1. The topological polar surface area (TPSA) is 67.0 Å². The summed E-state index contributed by atoms with van der Waals surface area (Å²) in [5, 5.41) is 5.14. The standard InChI is InChI=1S/C11H13N3O2S/c1-7-3-4-17-8(7)5-12-10-9(16-2)11(15)14-6-13-10/h3-4,6H,5H2,1-2H3,(H2,12,13,14,15). The van der Waals surface area contributed by atoms with Crippen LogP contribution in [-0.4, -0.2) is 17.1 Å². The highest BCUT2D eigenvalue weighted by Crippen LogP contribution is 2.19. The van der Waals surface area contributed by atoms with Gasteiger partial charge in [-0.15, -0.1) is 11.3 Å². The normalized spacial score (nSPS) is 10.2. The van der Waals surface area contributed by atoms with Crippen LogP contribution in [0.15, 0.2) is 22.6 Å². The monoisotopic (exact) mass is 251 g/mol. The van der Waals surface area contributed by atoms with Crippen molar-refractivity contribution >= 4 is 17.2 Å². The summed E-state index contributed by atoms with van der Waals surface area (Å²) in [5.41, 5.74) is 0.944. The Morgan fingerprint density at radius 3 is 3.06 bits per heavy atom. The molecular weight excluding hydrogens is 238 g/mol. The number of thiophene rings is 1. The van der Waals surface area contributed by atoms with Gasteiger partial charge in [-0.05, 0) is 23.9 Å². The van der Waals surface area contributed by atoms with Crippen molar-refractivity contribution in [3.05, 3.63) is 38.6 Å². The van der Waals surface area contributed by atoms with Crippen molar-refractivity contribution in [2.75, 3.05) is 12.4 Å². The Labute approximate surface area is 102 Å². The number of anilines is 1. The van der Waals surface area contributed by atoms with Crippen LogP contribution in [0.25, 0.3) is 0 Å². The quantitative estimate of drug-likeness (QED) is 0.869. The van der Waals surface area contributed by atoms with Gasteiger partial charge in [0.15, 0.2) is 5.82 Å². The summed E-state index contributed by atoms with van der Waals surface area (Å²) in [7, 11) is 1.45. The summed E-state index contributed by atoms with van der Waals surface area (Å²) in [6, 6.07) is 2.06. The number of aryl methyl sites for hydroxylation is 1. The third-order valence-electron chi connectivity index (χ3n) is 2.40. The molecule has 0 saturated carbocycles. The Morgan fingerprint density at radius 2 is 2.41 bits per heavy atom. The molecule has 0 radical (unpaired) electrons. The summed E-state index contributed by atoms with van der Waals surface area (Å²) in [5.74, 6) is 0.672. The van der Waals surface area contributed by atoms with E-state index in [9.17, 15) is 4.79 Å². The number of rotatable bonds is 4. The Hall–Kier alpha value is -1.82. The molecular formula is C11H13N3O2S. The molecule has 17 heavy (non-hydrogen) atoms. The lowest BCUT2D eigenvalue weighted by molar-refractivity contribution is 0.408. The van der Waals surface area contributed by atoms with Crippen LogP contribution in [0.4, 0.5) is 5.82 Å². The second-order valence-corrected chi connectivity index (χ2v) is 4.49. The van der Waals surface area contributed by atoms with E-state index < -0.39 is 0 Å². The molecule has 0 unspecified atom stereocenters. The van der Waals surface area contributed by atoms with E-state index in [0.29, 0.717) is 12.4 Å². The minimum atomic E-state index is -0.284. The predicted octanol–water partition coefficient (Wildman–Crippen LogP) is 1.76. The lowest BCUT2D eigenvalue weighted by atomic mass is 10.3. The molecule has 2 heterocycles. The third kappa shape index (κ3) is 2.47. The van der Waals surface area contributed by atoms with E-state index in [-0.39, 0.29) is 11.3 Å². The van der Waals surface area contributed by atoms with E-state index in [2.05, 4.69) is 28.3 Å². The van der Waals surface area contributed by atoms with Crippen LogP contribution < -0.4 is 15.6 Å². The lowest BCUT2D eigenvalue weighted by Gasteiger charge is -2.08. The highest BCUT2D eigenvalue weighted by Gasteiger charge is 2.09. The minimum Gasteiger partial charge on any atom is -0.489 e. The number of aromatic nitrogens is 2. The van der Waals surface area contributed by atoms with Crippen molar-refractivity contribution in [1.29, 1.82) is 0 Å². The zero-order valence-electron chi connectivity index (χ0n) is 9.61. The van der Waals surface area contributed by atoms with Crippen LogP contribution in [0, 0.1) is 6.92 Å². The second kappa shape index (κ2) is 5.01. The molecule has 0 atom stereocenters. The van der Waals surface area contributed by atoms with Gasteiger partial charge in [0, 0.05) is 4.88 Å². The molecule has 0 amide bonds. The third-order valence-corrected chi connectivity index (χ3v) is 3.42. The van der Waals surface area contributed by atoms with Crippen molar-refractivity contribution in [2.24, 2.45) is 0 Å². The first-order valence-electron chi connectivity index (χ1n) is 5.11. The van der Waals surface area contributed by atoms with E-state index in [1.807, 2.05) is 5.38 Å². The Kier molecular flexibility index (Phi) is 3.43. The molecule has 2 aromatic rings. The maximum absolute atomic E-state index is 11.4. The van der Waals surface area contributed by atoms with E-state index in [1.54, 1.807) is 11.3 Å². The molecule has 5 nitrogen and oxygen atoms in total. The van der Waals surface area contributed by atoms with Crippen LogP contribution in [0.5, 0.6) is 5.75 Å². The fourth-order valence-corrected chi connectivity index (χ4v) is 2.30. The molecule has 90 valence electrons. The summed E-state index contributed by atoms with van der Waals surface area (Å²) in [6.45, 7) is 2.69. The Bertz CT molecular complexity index is 562. The second-order valence-electron chi connectivity index (χ2n) is 3.49. The number of nitrogens with zero attached hydrogens (tertiary/aromatic N) is 1. The first-order chi connectivity index (χ1) is 8.22. The molecule has 0 aliphatic rings. The van der Waals surface area contributed by atoms with Gasteiger partial charge in [-0.3, -0.25) is 4.79 Å². The zero-order valence-corrected chi connectivity index (χ0v) is 10.4. The number of nitrogens with one attached hydrogen (secondary N) is 2. The van der Waals surface area contributed by atoms with Crippen LogP contribution in [-0.2, 0) is 6.54 Å². The summed E-state index contributed by atoms with van der Waals surface area (Å²) in [4.78, 5) is 19.2. The smallest absolute Gasteiger partial charge is 0.295 e. The fraction of sp³-hybridized carbons (Fsp3) is 0.273. The molecule has 2 aromatic heterocycles. The van der Waals surface area contributed by atoms with Crippen LogP contribution in [0.3, 0.4) is 0 Å². The van der Waals surface area contributed by atoms with Crippen molar-refractivity contribution in [3.63, 3.8) is 0 Å². The van der Waals surface area contributed by atoms with E-state index >= 15 is 0 Å². The van der Waals surface area contributed by atoms with Gasteiger partial charge in [-0.1, -0.05) is 0 Å². The van der Waals surface area contributed by atoms with Gasteiger partial charge in [-0.25, -0.2) is 4.98 Å². The number of H-pyrrole nitrogens is 1. The maximum Gasteiger partial charge on any atom is 0.295 e. The van der Waals surface area contributed by atoms with Crippen molar-refractivity contribution in [2.45, 2.75) is 13.5 Å². The molecule has 2 N–H and O–H groups in total. The molecule has 0 bridgehead atoms. The molecule has 0 saturated heterocycles. The van der Waals surface area contributed by atoms with E-state index in [4.69, 9.17) is 4.74 Å². The van der Waals surface area contributed by atoms with E-state index in [0.717, 1.165) is 0 Å². The Balaban J connectivity index is 2.17. The lowest BCUT2D eigenvalue weighted by Crippen LogP contribution is -2.13. The predicted molar refractivity (Wildman–Crippen MR) is 67.8 cm³/mol. The fourth-order valence-electron chi connectivity index (χ4n) is 1.45. The average molecular weight is 251 g/mol. The Morgan fingerprint density at radius 1 is 1.59 bits per heavy atom. The van der Waals surface area contributed by atoms with Crippen LogP contribution in [0.1, 0.15) is 10.4 Å². The van der Waals surface area contributed by atoms with E-state index in [1.165, 1.54) is 23.9 Å². The van der Waals surface area contributed by atoms with Gasteiger partial charge in [0.05, 0.1) is 20.0 Å². The van der Waals surface area contributed by atoms with Gasteiger partial charge in [0.2, 0.25) is 5.75 Å². The number of ether oxygens (including phenoxy) is 1. The average Bonchev–Trinajstić information content (AvgIpc) is 2.72. The largest absolute Gasteiger partial charge is 0.489 e. The number of methoxy groups -OCH3 is 1. The summed E-state index contributed by atoms with van der Waals surface area (Å²) < 4.78 is 5.01. The SMILES string of the molecule is COc1c(NCc2sccc2C)nc[nH]c1=O. The van der Waals surface area contributed by atoms with Crippen LogP contribution >= 0.6 is 11.3 Å². The van der Waals surface area contributed by atoms with Crippen molar-refractivity contribution in [1.82, 2.24) is 9.97 Å². The molecule has 6 heteroatoms. The van der Waals surface area contributed by atoms with Crippen molar-refractivity contribution in [3.8, 4) is 5.75 Å². The molecule has 0 aromatic carbocycles. The van der Waals surface area contributed by atoms with Gasteiger partial charge >= 0.3 is 0 Å². The van der Waals surface area contributed by atoms with Crippen LogP contribution in [0.2, 0.25) is 0 Å². The number of hydrogen-bond donors (Lipinski definition) is 2. The molecule has 0 spiro atoms. The molecule has 0 aliphatic carbocycles. The number of hydrogen-bond acceptors (Lipinski definition) is 5.